The standard InChI is InChI=1S/C26H28N4O4.C2H6/c1-5-6-8-13-22(31)33-17-34-25-21(15-19-23(26(2,3)4)28-16-27-19)29-24(32)20(30-25)14-18-11-9-7-10-12-18;1-2/h1,7,9-12,14-16H,6,8,13,17H2,2-4H3,(H,27,28)(H,29,32);1-2H3/b20-14-,21-15-;. The summed E-state index contributed by atoms with van der Waals surface area (Å²) in [6.45, 7) is 9.79. The highest BCUT2D eigenvalue weighted by atomic mass is 16.7. The molecule has 190 valence electrons. The van der Waals surface area contributed by atoms with Crippen molar-refractivity contribution in [3.63, 3.8) is 0 Å². The summed E-state index contributed by atoms with van der Waals surface area (Å²) >= 11 is 0. The molecule has 36 heavy (non-hydrogen) atoms. The monoisotopic (exact) mass is 490 g/mol. The number of esters is 1. The molecule has 0 unspecified atom stereocenters. The van der Waals surface area contributed by atoms with Crippen molar-refractivity contribution in [3.05, 3.63) is 74.7 Å². The second kappa shape index (κ2) is 13.7. The highest BCUT2D eigenvalue weighted by Gasteiger charge is 2.19. The molecule has 0 aliphatic carbocycles. The average Bonchev–Trinajstić information content (AvgIpc) is 3.33. The molecular formula is C28H34N4O4. The predicted octanol–water partition coefficient (Wildman–Crippen LogP) is 3.16. The molecule has 0 saturated heterocycles. The van der Waals surface area contributed by atoms with Gasteiger partial charge in [-0.1, -0.05) is 65.0 Å². The molecule has 2 aromatic heterocycles. The summed E-state index contributed by atoms with van der Waals surface area (Å²) in [4.78, 5) is 39.4. The molecule has 0 radical (unpaired) electrons. The van der Waals surface area contributed by atoms with E-state index in [2.05, 4.69) is 25.9 Å². The van der Waals surface area contributed by atoms with Gasteiger partial charge in [0.2, 0.25) is 12.7 Å². The molecule has 0 spiro atoms. The number of carbonyl (C=O) groups excluding carboxylic acids is 1. The molecule has 0 saturated carbocycles. The molecule has 0 atom stereocenters. The molecule has 2 heterocycles. The van der Waals surface area contributed by atoms with E-state index >= 15 is 0 Å². The van der Waals surface area contributed by atoms with E-state index in [1.54, 1.807) is 18.5 Å². The van der Waals surface area contributed by atoms with E-state index in [1.807, 2.05) is 65.0 Å². The van der Waals surface area contributed by atoms with Crippen LogP contribution in [0, 0.1) is 12.3 Å². The third kappa shape index (κ3) is 8.27. The fraction of sp³-hybridized carbons (Fsp3) is 0.357. The molecule has 0 amide bonds. The predicted molar refractivity (Wildman–Crippen MR) is 141 cm³/mol. The average molecular weight is 491 g/mol. The summed E-state index contributed by atoms with van der Waals surface area (Å²) in [6.07, 6.45) is 11.4. The molecule has 8 nitrogen and oxygen atoms in total. The maximum Gasteiger partial charge on any atom is 0.308 e. The van der Waals surface area contributed by atoms with Gasteiger partial charge < -0.3 is 19.4 Å². The fourth-order valence-electron chi connectivity index (χ4n) is 3.18. The topological polar surface area (TPSA) is 110 Å². The first kappa shape index (κ1) is 28.1. The van der Waals surface area contributed by atoms with Gasteiger partial charge in [-0.05, 0) is 24.1 Å². The van der Waals surface area contributed by atoms with E-state index in [1.165, 1.54) is 0 Å². The van der Waals surface area contributed by atoms with Gasteiger partial charge in [0.15, 0.2) is 0 Å². The number of ether oxygens (including phenoxy) is 2. The molecule has 8 heteroatoms. The van der Waals surface area contributed by atoms with Crippen LogP contribution in [-0.2, 0) is 14.9 Å². The maximum absolute atomic E-state index is 12.8. The second-order valence-corrected chi connectivity index (χ2v) is 8.62. The van der Waals surface area contributed by atoms with Crippen molar-refractivity contribution in [2.24, 2.45) is 0 Å². The molecule has 0 fully saturated rings. The van der Waals surface area contributed by atoms with Gasteiger partial charge in [0.1, 0.15) is 10.7 Å². The lowest BCUT2D eigenvalue weighted by Crippen LogP contribution is -2.38. The van der Waals surface area contributed by atoms with Gasteiger partial charge in [-0.15, -0.1) is 12.3 Å². The Morgan fingerprint density at radius 3 is 2.56 bits per heavy atom. The van der Waals surface area contributed by atoms with Crippen LogP contribution in [0.4, 0.5) is 0 Å². The Kier molecular flexibility index (Phi) is 10.7. The number of benzene rings is 1. The number of nitrogens with one attached hydrogen (secondary N) is 2. The van der Waals surface area contributed by atoms with Gasteiger partial charge in [-0.2, -0.15) is 0 Å². The van der Waals surface area contributed by atoms with Crippen LogP contribution in [0.15, 0.2) is 41.5 Å². The second-order valence-electron chi connectivity index (χ2n) is 8.62. The summed E-state index contributed by atoms with van der Waals surface area (Å²) in [7, 11) is 0. The number of rotatable bonds is 8. The van der Waals surface area contributed by atoms with Crippen LogP contribution in [0.25, 0.3) is 12.2 Å². The Balaban J connectivity index is 0.00000222. The van der Waals surface area contributed by atoms with Gasteiger partial charge in [0, 0.05) is 24.0 Å². The zero-order valence-electron chi connectivity index (χ0n) is 21.6. The molecule has 1 aromatic carbocycles. The minimum absolute atomic E-state index is 0.112. The molecule has 3 rings (SSSR count). The number of terminal acetylenes is 1. The molecule has 0 bridgehead atoms. The minimum Gasteiger partial charge on any atom is -0.438 e. The van der Waals surface area contributed by atoms with Crippen molar-refractivity contribution < 1.29 is 14.3 Å². The lowest BCUT2D eigenvalue weighted by molar-refractivity contribution is -0.150. The number of hydrogen-bond donors (Lipinski definition) is 2. The number of nitrogens with zero attached hydrogens (tertiary/aromatic N) is 2. The number of aromatic amines is 2. The third-order valence-electron chi connectivity index (χ3n) is 4.85. The normalized spacial score (nSPS) is 11.9. The number of unbranched alkanes of at least 4 members (excludes halogenated alkanes) is 1. The van der Waals surface area contributed by atoms with Crippen molar-refractivity contribution in [3.8, 4) is 18.2 Å². The molecule has 2 N–H and O–H groups in total. The van der Waals surface area contributed by atoms with E-state index < -0.39 is 5.97 Å². The molecular weight excluding hydrogens is 456 g/mol. The van der Waals surface area contributed by atoms with E-state index in [0.29, 0.717) is 23.9 Å². The van der Waals surface area contributed by atoms with Crippen LogP contribution in [0.5, 0.6) is 5.88 Å². The zero-order chi connectivity index (χ0) is 26.6. The minimum atomic E-state index is -0.427. The lowest BCUT2D eigenvalue weighted by Gasteiger charge is -2.17. The van der Waals surface area contributed by atoms with E-state index in [0.717, 1.165) is 11.3 Å². The summed E-state index contributed by atoms with van der Waals surface area (Å²) in [5, 5.41) is 0.480. The number of carbonyl (C=O) groups is 1. The Morgan fingerprint density at radius 1 is 1.17 bits per heavy atom. The van der Waals surface area contributed by atoms with Crippen molar-refractivity contribution in [1.29, 1.82) is 0 Å². The highest BCUT2D eigenvalue weighted by Crippen LogP contribution is 2.23. The first-order valence-electron chi connectivity index (χ1n) is 11.9. The fourth-order valence-corrected chi connectivity index (χ4v) is 3.18. The Morgan fingerprint density at radius 2 is 1.89 bits per heavy atom. The van der Waals surface area contributed by atoms with Gasteiger partial charge in [-0.3, -0.25) is 9.59 Å². The number of H-pyrrole nitrogens is 2. The van der Waals surface area contributed by atoms with E-state index in [-0.39, 0.29) is 35.4 Å². The van der Waals surface area contributed by atoms with Crippen LogP contribution in [0.2, 0.25) is 0 Å². The van der Waals surface area contributed by atoms with Crippen molar-refractivity contribution in [2.75, 3.05) is 6.79 Å². The van der Waals surface area contributed by atoms with Crippen LogP contribution in [-0.4, -0.2) is 32.7 Å². The van der Waals surface area contributed by atoms with Gasteiger partial charge in [0.25, 0.3) is 5.56 Å². The lowest BCUT2D eigenvalue weighted by atomic mass is 9.90. The summed E-state index contributed by atoms with van der Waals surface area (Å²) < 4.78 is 10.8. The summed E-state index contributed by atoms with van der Waals surface area (Å²) in [6, 6.07) is 9.34. The van der Waals surface area contributed by atoms with Crippen molar-refractivity contribution >= 4 is 18.1 Å². The zero-order valence-corrected chi connectivity index (χ0v) is 21.6. The summed E-state index contributed by atoms with van der Waals surface area (Å²) in [5.41, 5.74) is 1.75. The Labute approximate surface area is 211 Å². The van der Waals surface area contributed by atoms with Gasteiger partial charge in [-0.25, -0.2) is 9.97 Å². The Bertz CT molecular complexity index is 1340. The van der Waals surface area contributed by atoms with Crippen LogP contribution in [0.3, 0.4) is 0 Å². The van der Waals surface area contributed by atoms with Gasteiger partial charge in [0.05, 0.1) is 12.0 Å². The smallest absolute Gasteiger partial charge is 0.308 e. The quantitative estimate of drug-likeness (QED) is 0.217. The Hall–Kier alpha value is -4.12. The molecule has 3 aromatic rings. The van der Waals surface area contributed by atoms with Crippen LogP contribution >= 0.6 is 0 Å². The third-order valence-corrected chi connectivity index (χ3v) is 4.85. The van der Waals surface area contributed by atoms with Crippen molar-refractivity contribution in [2.45, 2.75) is 59.3 Å². The number of aromatic nitrogens is 4. The van der Waals surface area contributed by atoms with Crippen LogP contribution in [0.1, 0.15) is 70.8 Å². The summed E-state index contributed by atoms with van der Waals surface area (Å²) in [5.74, 6) is 2.17. The van der Waals surface area contributed by atoms with Crippen LogP contribution < -0.4 is 21.0 Å². The first-order chi connectivity index (χ1) is 17.3. The maximum atomic E-state index is 12.8. The number of hydrogen-bond acceptors (Lipinski definition) is 6. The van der Waals surface area contributed by atoms with Gasteiger partial charge >= 0.3 is 5.97 Å². The molecule has 0 aliphatic heterocycles. The highest BCUT2D eigenvalue weighted by molar-refractivity contribution is 5.69. The number of imidazole rings is 1. The van der Waals surface area contributed by atoms with Crippen molar-refractivity contribution in [1.82, 2.24) is 19.9 Å². The largest absolute Gasteiger partial charge is 0.438 e. The first-order valence-corrected chi connectivity index (χ1v) is 11.9. The molecule has 0 aliphatic rings. The van der Waals surface area contributed by atoms with E-state index in [9.17, 15) is 9.59 Å². The van der Waals surface area contributed by atoms with E-state index in [4.69, 9.17) is 15.9 Å². The SMILES string of the molecule is C#CCCCC(=O)OCOc1n/c(=C\c2ccccc2)c(=O)[nH]/c1=C\c1nc[nH]c1C(C)(C)C.CC.